The number of fused-ring (bicyclic) bond motifs is 2. The summed E-state index contributed by atoms with van der Waals surface area (Å²) in [5.74, 6) is -0.252. The number of aromatic nitrogens is 2. The fourth-order valence-electron chi connectivity index (χ4n) is 3.92. The van der Waals surface area contributed by atoms with E-state index in [1.54, 1.807) is 32.0 Å². The van der Waals surface area contributed by atoms with E-state index in [2.05, 4.69) is 17.2 Å². The number of nitrogens with zero attached hydrogens (tertiary/aromatic N) is 2. The number of hydrogen-bond donors (Lipinski definition) is 1. The molecule has 2 aromatic heterocycles. The average molecular weight is 440 g/mol. The molecule has 0 fully saturated rings. The van der Waals surface area contributed by atoms with Gasteiger partial charge in [-0.15, -0.1) is 11.3 Å². The van der Waals surface area contributed by atoms with E-state index < -0.39 is 5.97 Å². The van der Waals surface area contributed by atoms with E-state index in [0.717, 1.165) is 29.7 Å². The molecule has 1 aliphatic carbocycles. The van der Waals surface area contributed by atoms with Crippen LogP contribution in [0, 0.1) is 5.92 Å². The number of carbonyl (C=O) groups excluding carboxylic acids is 2. The highest BCUT2D eigenvalue weighted by atomic mass is 32.1. The Morgan fingerprint density at radius 1 is 1.32 bits per heavy atom. The number of esters is 1. The van der Waals surface area contributed by atoms with Crippen molar-refractivity contribution in [2.75, 3.05) is 5.32 Å². The van der Waals surface area contributed by atoms with Crippen molar-refractivity contribution in [3.05, 3.63) is 56.8 Å². The molecule has 1 aromatic carbocycles. The van der Waals surface area contributed by atoms with Gasteiger partial charge in [-0.3, -0.25) is 14.2 Å². The van der Waals surface area contributed by atoms with E-state index >= 15 is 0 Å². The van der Waals surface area contributed by atoms with Crippen molar-refractivity contribution in [1.29, 1.82) is 0 Å². The number of hydrogen-bond acceptors (Lipinski definition) is 6. The van der Waals surface area contributed by atoms with E-state index in [1.807, 2.05) is 6.07 Å². The van der Waals surface area contributed by atoms with Gasteiger partial charge in [0.05, 0.1) is 28.9 Å². The number of ether oxygens (including phenoxy) is 1. The van der Waals surface area contributed by atoms with Gasteiger partial charge in [0.25, 0.3) is 5.56 Å². The molecule has 0 spiro atoms. The normalized spacial score (nSPS) is 15.7. The van der Waals surface area contributed by atoms with Gasteiger partial charge in [0.2, 0.25) is 5.91 Å². The first-order chi connectivity index (χ1) is 14.8. The molecule has 0 radical (unpaired) electrons. The summed E-state index contributed by atoms with van der Waals surface area (Å²) in [6.45, 7) is 5.63. The van der Waals surface area contributed by atoms with Gasteiger partial charge in [-0.1, -0.05) is 19.1 Å². The molecule has 0 unspecified atom stereocenters. The van der Waals surface area contributed by atoms with Crippen molar-refractivity contribution in [3.63, 3.8) is 0 Å². The van der Waals surface area contributed by atoms with Crippen molar-refractivity contribution in [2.45, 2.75) is 52.7 Å². The Labute approximate surface area is 184 Å². The van der Waals surface area contributed by atoms with Crippen molar-refractivity contribution in [2.24, 2.45) is 5.92 Å². The van der Waals surface area contributed by atoms with Crippen LogP contribution < -0.4 is 10.9 Å². The van der Waals surface area contributed by atoms with Crippen LogP contribution in [0.3, 0.4) is 0 Å². The molecule has 0 aliphatic heterocycles. The third-order valence-corrected chi connectivity index (χ3v) is 6.54. The maximum atomic E-state index is 12.9. The topological polar surface area (TPSA) is 90.3 Å². The van der Waals surface area contributed by atoms with E-state index in [0.29, 0.717) is 27.5 Å². The minimum Gasteiger partial charge on any atom is -0.459 e. The second kappa shape index (κ2) is 8.63. The van der Waals surface area contributed by atoms with Crippen molar-refractivity contribution >= 4 is 39.2 Å². The van der Waals surface area contributed by atoms with Gasteiger partial charge in [0, 0.05) is 4.88 Å². The van der Waals surface area contributed by atoms with Gasteiger partial charge in [0.15, 0.2) is 0 Å². The molecular formula is C23H25N3O4S. The van der Waals surface area contributed by atoms with Crippen LogP contribution in [0.1, 0.15) is 48.0 Å². The minimum atomic E-state index is -0.413. The summed E-state index contributed by atoms with van der Waals surface area (Å²) in [6.07, 6.45) is 3.63. The molecule has 0 bridgehead atoms. The highest BCUT2D eigenvalue weighted by Gasteiger charge is 2.29. The number of carbonyl (C=O) groups is 2. The molecule has 1 N–H and O–H groups in total. The van der Waals surface area contributed by atoms with Gasteiger partial charge < -0.3 is 10.1 Å². The van der Waals surface area contributed by atoms with Crippen LogP contribution in [0.15, 0.2) is 35.3 Å². The van der Waals surface area contributed by atoms with Crippen molar-refractivity contribution in [3.8, 4) is 0 Å². The third-order valence-electron chi connectivity index (χ3n) is 5.37. The number of benzene rings is 1. The summed E-state index contributed by atoms with van der Waals surface area (Å²) in [4.78, 5) is 43.4. The van der Waals surface area contributed by atoms with Crippen LogP contribution in [0.4, 0.5) is 5.00 Å². The predicted octanol–water partition coefficient (Wildman–Crippen LogP) is 3.79. The summed E-state index contributed by atoms with van der Waals surface area (Å²) in [5.41, 5.74) is 2.31. The first kappa shape index (κ1) is 21.2. The van der Waals surface area contributed by atoms with Gasteiger partial charge in [-0.05, 0) is 56.7 Å². The summed E-state index contributed by atoms with van der Waals surface area (Å²) in [5, 5.41) is 3.38. The van der Waals surface area contributed by atoms with Gasteiger partial charge in [-0.25, -0.2) is 9.78 Å². The highest BCUT2D eigenvalue weighted by molar-refractivity contribution is 7.17. The van der Waals surface area contributed by atoms with Crippen LogP contribution in [0.5, 0.6) is 0 Å². The molecule has 8 heteroatoms. The molecule has 0 saturated carbocycles. The Morgan fingerprint density at radius 3 is 2.87 bits per heavy atom. The van der Waals surface area contributed by atoms with Gasteiger partial charge in [0.1, 0.15) is 11.5 Å². The maximum absolute atomic E-state index is 12.9. The molecule has 1 atom stereocenters. The van der Waals surface area contributed by atoms with E-state index in [9.17, 15) is 14.4 Å². The molecule has 1 amide bonds. The number of thiophene rings is 1. The molecule has 3 aromatic rings. The zero-order chi connectivity index (χ0) is 22.1. The average Bonchev–Trinajstić information content (AvgIpc) is 3.06. The lowest BCUT2D eigenvalue weighted by Gasteiger charge is -2.19. The van der Waals surface area contributed by atoms with Gasteiger partial charge >= 0.3 is 5.97 Å². The van der Waals surface area contributed by atoms with Crippen LogP contribution >= 0.6 is 11.3 Å². The van der Waals surface area contributed by atoms with Crippen molar-refractivity contribution < 1.29 is 14.3 Å². The zero-order valence-electron chi connectivity index (χ0n) is 17.8. The number of amides is 1. The van der Waals surface area contributed by atoms with Crippen LogP contribution in [0.25, 0.3) is 11.0 Å². The molecule has 2 heterocycles. The number of para-hydroxylation sites is 2. The third kappa shape index (κ3) is 4.39. The SMILES string of the molecule is CC(C)OC(=O)c1c(NC(=O)Cn2c(=O)cnc3ccccc32)sc2c1CC[C@@H](C)C2. The fraction of sp³-hybridized carbons (Fsp3) is 0.391. The molecular weight excluding hydrogens is 414 g/mol. The standard InChI is InChI=1S/C23H25N3O4S/c1-13(2)30-23(29)21-15-9-8-14(3)10-18(15)31-22(21)25-19(27)12-26-17-7-5-4-6-16(17)24-11-20(26)28/h4-7,11,13-14H,8-10,12H2,1-3H3,(H,25,27)/t14-/m1/s1. The number of rotatable bonds is 5. The van der Waals surface area contributed by atoms with Crippen molar-refractivity contribution in [1.82, 2.24) is 9.55 Å². The summed E-state index contributed by atoms with van der Waals surface area (Å²) >= 11 is 1.44. The Bertz CT molecular complexity index is 1210. The second-order valence-electron chi connectivity index (χ2n) is 8.23. The maximum Gasteiger partial charge on any atom is 0.341 e. The Kier molecular flexibility index (Phi) is 5.91. The van der Waals surface area contributed by atoms with E-state index in [-0.39, 0.29) is 24.1 Å². The quantitative estimate of drug-likeness (QED) is 0.611. The van der Waals surface area contributed by atoms with Crippen LogP contribution in [0.2, 0.25) is 0 Å². The first-order valence-corrected chi connectivity index (χ1v) is 11.2. The molecule has 1 aliphatic rings. The first-order valence-electron chi connectivity index (χ1n) is 10.4. The number of anilines is 1. The summed E-state index contributed by atoms with van der Waals surface area (Å²) < 4.78 is 6.85. The monoisotopic (exact) mass is 439 g/mol. The fourth-order valence-corrected chi connectivity index (χ4v) is 5.33. The molecule has 0 saturated heterocycles. The zero-order valence-corrected chi connectivity index (χ0v) is 18.6. The molecule has 4 rings (SSSR count). The summed E-state index contributed by atoms with van der Waals surface area (Å²) in [7, 11) is 0. The predicted molar refractivity (Wildman–Crippen MR) is 121 cm³/mol. The van der Waals surface area contributed by atoms with Gasteiger partial charge in [-0.2, -0.15) is 0 Å². The minimum absolute atomic E-state index is 0.167. The number of nitrogens with one attached hydrogen (secondary N) is 1. The van der Waals surface area contributed by atoms with Crippen LogP contribution in [-0.2, 0) is 28.9 Å². The largest absolute Gasteiger partial charge is 0.459 e. The van der Waals surface area contributed by atoms with Crippen LogP contribution in [-0.4, -0.2) is 27.5 Å². The lowest BCUT2D eigenvalue weighted by Crippen LogP contribution is -2.28. The molecule has 31 heavy (non-hydrogen) atoms. The second-order valence-corrected chi connectivity index (χ2v) is 9.33. The lowest BCUT2D eigenvalue weighted by atomic mass is 9.88. The highest BCUT2D eigenvalue weighted by Crippen LogP contribution is 2.40. The molecule has 7 nitrogen and oxygen atoms in total. The Balaban J connectivity index is 1.65. The summed E-state index contributed by atoms with van der Waals surface area (Å²) in [6, 6.07) is 7.17. The smallest absolute Gasteiger partial charge is 0.341 e. The Morgan fingerprint density at radius 2 is 2.10 bits per heavy atom. The van der Waals surface area contributed by atoms with E-state index in [4.69, 9.17) is 4.74 Å². The Hall–Kier alpha value is -3.00. The molecule has 162 valence electrons. The lowest BCUT2D eigenvalue weighted by molar-refractivity contribution is -0.116. The van der Waals surface area contributed by atoms with E-state index in [1.165, 1.54) is 22.1 Å².